The minimum atomic E-state index is 0.0318. The number of rotatable bonds is 4. The van der Waals surface area contributed by atoms with Crippen LogP contribution >= 0.6 is 0 Å². The summed E-state index contributed by atoms with van der Waals surface area (Å²) in [5.74, 6) is 1.24. The molecule has 28 heavy (non-hydrogen) atoms. The summed E-state index contributed by atoms with van der Waals surface area (Å²) in [6.07, 6.45) is 9.27. The van der Waals surface area contributed by atoms with Gasteiger partial charge in [-0.2, -0.15) is 0 Å². The van der Waals surface area contributed by atoms with E-state index in [4.69, 9.17) is 0 Å². The molecule has 1 amide bonds. The number of aromatic nitrogens is 2. The molecule has 1 aromatic carbocycles. The Morgan fingerprint density at radius 3 is 2.25 bits per heavy atom. The largest absolute Gasteiger partial charge is 0.372 e. The first-order valence-corrected chi connectivity index (χ1v) is 10.4. The van der Waals surface area contributed by atoms with Gasteiger partial charge in [-0.1, -0.05) is 6.92 Å². The SMILES string of the molecule is CC1CCN(C(=O)c2cnc(Nc3ccc(N4CCCCC4)cc3)nc2)CC1. The molecule has 6 heteroatoms. The molecular weight excluding hydrogens is 350 g/mol. The van der Waals surface area contributed by atoms with E-state index in [0.717, 1.165) is 44.7 Å². The number of benzene rings is 1. The number of nitrogens with zero attached hydrogens (tertiary/aromatic N) is 4. The third-order valence-corrected chi connectivity index (χ3v) is 5.81. The van der Waals surface area contributed by atoms with Crippen LogP contribution in [0, 0.1) is 5.92 Å². The van der Waals surface area contributed by atoms with Gasteiger partial charge < -0.3 is 15.1 Å². The number of anilines is 3. The Kier molecular flexibility index (Phi) is 5.74. The molecule has 0 aliphatic carbocycles. The normalized spacial score (nSPS) is 18.2. The lowest BCUT2D eigenvalue weighted by molar-refractivity contribution is 0.0696. The first kappa shape index (κ1) is 18.7. The monoisotopic (exact) mass is 379 g/mol. The van der Waals surface area contributed by atoms with Crippen LogP contribution in [-0.4, -0.2) is 47.0 Å². The molecule has 0 radical (unpaired) electrons. The lowest BCUT2D eigenvalue weighted by Gasteiger charge is -2.30. The first-order valence-electron chi connectivity index (χ1n) is 10.4. The van der Waals surface area contributed by atoms with Crippen molar-refractivity contribution in [1.82, 2.24) is 14.9 Å². The van der Waals surface area contributed by atoms with Crippen LogP contribution < -0.4 is 10.2 Å². The number of likely N-dealkylation sites (tertiary alicyclic amines) is 1. The van der Waals surface area contributed by atoms with Crippen LogP contribution in [0.5, 0.6) is 0 Å². The summed E-state index contributed by atoms with van der Waals surface area (Å²) in [5.41, 5.74) is 2.77. The zero-order valence-electron chi connectivity index (χ0n) is 16.6. The van der Waals surface area contributed by atoms with Crippen LogP contribution in [-0.2, 0) is 0 Å². The molecule has 148 valence electrons. The fourth-order valence-electron chi connectivity index (χ4n) is 3.93. The van der Waals surface area contributed by atoms with Gasteiger partial charge in [0.05, 0.1) is 5.56 Å². The molecule has 2 aliphatic heterocycles. The summed E-state index contributed by atoms with van der Waals surface area (Å²) in [7, 11) is 0. The highest BCUT2D eigenvalue weighted by Crippen LogP contribution is 2.23. The van der Waals surface area contributed by atoms with Crippen molar-refractivity contribution in [3.05, 3.63) is 42.2 Å². The molecular formula is C22H29N5O. The van der Waals surface area contributed by atoms with E-state index in [1.807, 2.05) is 4.90 Å². The molecule has 2 aliphatic rings. The van der Waals surface area contributed by atoms with Crippen molar-refractivity contribution in [3.63, 3.8) is 0 Å². The van der Waals surface area contributed by atoms with Crippen LogP contribution in [0.2, 0.25) is 0 Å². The Balaban J connectivity index is 1.35. The Bertz CT molecular complexity index is 776. The van der Waals surface area contributed by atoms with Crippen molar-refractivity contribution in [2.75, 3.05) is 36.4 Å². The zero-order chi connectivity index (χ0) is 19.3. The average Bonchev–Trinajstić information content (AvgIpc) is 2.75. The summed E-state index contributed by atoms with van der Waals surface area (Å²) in [6.45, 7) is 6.17. The van der Waals surface area contributed by atoms with Gasteiger partial charge in [-0.3, -0.25) is 4.79 Å². The molecule has 0 spiro atoms. The molecule has 1 N–H and O–H groups in total. The van der Waals surface area contributed by atoms with Crippen molar-refractivity contribution in [1.29, 1.82) is 0 Å². The molecule has 2 saturated heterocycles. The molecule has 3 heterocycles. The molecule has 0 saturated carbocycles. The Hall–Kier alpha value is -2.63. The fraction of sp³-hybridized carbons (Fsp3) is 0.500. The first-order chi connectivity index (χ1) is 13.7. The lowest BCUT2D eigenvalue weighted by atomic mass is 9.99. The van der Waals surface area contributed by atoms with E-state index < -0.39 is 0 Å². The molecule has 0 unspecified atom stereocenters. The van der Waals surface area contributed by atoms with Gasteiger partial charge in [0.1, 0.15) is 0 Å². The summed E-state index contributed by atoms with van der Waals surface area (Å²) in [6, 6.07) is 8.40. The molecule has 0 atom stereocenters. The van der Waals surface area contributed by atoms with E-state index in [2.05, 4.69) is 51.4 Å². The highest BCUT2D eigenvalue weighted by molar-refractivity contribution is 5.93. The Labute approximate surface area is 167 Å². The van der Waals surface area contributed by atoms with Crippen LogP contribution in [0.3, 0.4) is 0 Å². The van der Waals surface area contributed by atoms with Crippen LogP contribution in [0.4, 0.5) is 17.3 Å². The molecule has 2 aromatic rings. The predicted octanol–water partition coefficient (Wildman–Crippen LogP) is 4.08. The molecule has 6 nitrogen and oxygen atoms in total. The van der Waals surface area contributed by atoms with Crippen LogP contribution in [0.1, 0.15) is 49.4 Å². The molecule has 2 fully saturated rings. The fourth-order valence-corrected chi connectivity index (χ4v) is 3.93. The molecule has 1 aromatic heterocycles. The minimum absolute atomic E-state index is 0.0318. The van der Waals surface area contributed by atoms with Gasteiger partial charge in [0.15, 0.2) is 0 Å². The summed E-state index contributed by atoms with van der Waals surface area (Å²) in [5, 5.41) is 3.22. The van der Waals surface area contributed by atoms with Crippen molar-refractivity contribution >= 4 is 23.2 Å². The second-order valence-corrected chi connectivity index (χ2v) is 7.99. The number of nitrogens with one attached hydrogen (secondary N) is 1. The number of carbonyl (C=O) groups is 1. The van der Waals surface area contributed by atoms with E-state index in [-0.39, 0.29) is 5.91 Å². The van der Waals surface area contributed by atoms with Crippen molar-refractivity contribution in [2.45, 2.75) is 39.0 Å². The molecule has 4 rings (SSSR count). The van der Waals surface area contributed by atoms with Crippen LogP contribution in [0.15, 0.2) is 36.7 Å². The lowest BCUT2D eigenvalue weighted by Crippen LogP contribution is -2.38. The third-order valence-electron chi connectivity index (χ3n) is 5.81. The number of hydrogen-bond acceptors (Lipinski definition) is 5. The van der Waals surface area contributed by atoms with Crippen molar-refractivity contribution < 1.29 is 4.79 Å². The number of amides is 1. The van der Waals surface area contributed by atoms with E-state index in [1.54, 1.807) is 12.4 Å². The van der Waals surface area contributed by atoms with E-state index in [9.17, 15) is 4.79 Å². The maximum absolute atomic E-state index is 12.6. The topological polar surface area (TPSA) is 61.4 Å². The highest BCUT2D eigenvalue weighted by Gasteiger charge is 2.21. The van der Waals surface area contributed by atoms with E-state index >= 15 is 0 Å². The van der Waals surface area contributed by atoms with Gasteiger partial charge >= 0.3 is 0 Å². The number of carbonyl (C=O) groups excluding carboxylic acids is 1. The second-order valence-electron chi connectivity index (χ2n) is 7.99. The van der Waals surface area contributed by atoms with Gasteiger partial charge in [-0.15, -0.1) is 0 Å². The van der Waals surface area contributed by atoms with Crippen molar-refractivity contribution in [3.8, 4) is 0 Å². The van der Waals surface area contributed by atoms with Crippen molar-refractivity contribution in [2.24, 2.45) is 5.92 Å². The maximum Gasteiger partial charge on any atom is 0.256 e. The number of hydrogen-bond donors (Lipinski definition) is 1. The summed E-state index contributed by atoms with van der Waals surface area (Å²) in [4.78, 5) is 25.6. The zero-order valence-corrected chi connectivity index (χ0v) is 16.6. The summed E-state index contributed by atoms with van der Waals surface area (Å²) >= 11 is 0. The van der Waals surface area contributed by atoms with Gasteiger partial charge in [0, 0.05) is 49.9 Å². The highest BCUT2D eigenvalue weighted by atomic mass is 16.2. The number of piperidine rings is 2. The second kappa shape index (κ2) is 8.59. The quantitative estimate of drug-likeness (QED) is 0.867. The standard InChI is InChI=1S/C22H29N5O/c1-17-9-13-27(14-10-17)21(28)18-15-23-22(24-16-18)25-19-5-7-20(8-6-19)26-11-3-2-4-12-26/h5-8,15-17H,2-4,9-14H2,1H3,(H,23,24,25). The van der Waals surface area contributed by atoms with Gasteiger partial charge in [-0.25, -0.2) is 9.97 Å². The molecule has 0 bridgehead atoms. The van der Waals surface area contributed by atoms with Gasteiger partial charge in [0.2, 0.25) is 5.95 Å². The predicted molar refractivity (Wildman–Crippen MR) is 112 cm³/mol. The Morgan fingerprint density at radius 1 is 0.964 bits per heavy atom. The minimum Gasteiger partial charge on any atom is -0.372 e. The van der Waals surface area contributed by atoms with Gasteiger partial charge in [-0.05, 0) is 62.3 Å². The average molecular weight is 380 g/mol. The van der Waals surface area contributed by atoms with Crippen LogP contribution in [0.25, 0.3) is 0 Å². The smallest absolute Gasteiger partial charge is 0.256 e. The Morgan fingerprint density at radius 2 is 1.61 bits per heavy atom. The van der Waals surface area contributed by atoms with E-state index in [0.29, 0.717) is 17.4 Å². The van der Waals surface area contributed by atoms with Gasteiger partial charge in [0.25, 0.3) is 5.91 Å². The summed E-state index contributed by atoms with van der Waals surface area (Å²) < 4.78 is 0. The maximum atomic E-state index is 12.6. The van der Waals surface area contributed by atoms with E-state index in [1.165, 1.54) is 24.9 Å². The third kappa shape index (κ3) is 4.43.